The van der Waals surface area contributed by atoms with E-state index in [-0.39, 0.29) is 0 Å². The quantitative estimate of drug-likeness (QED) is 0.363. The smallest absolute Gasteiger partial charge is 0.00772 e. The summed E-state index contributed by atoms with van der Waals surface area (Å²) in [6.45, 7) is 4.56. The van der Waals surface area contributed by atoms with Crippen LogP contribution in [0.1, 0.15) is 24.0 Å². The molecule has 2 aliphatic rings. The third-order valence-electron chi connectivity index (χ3n) is 5.64. The van der Waals surface area contributed by atoms with E-state index in [0.717, 1.165) is 26.2 Å². The van der Waals surface area contributed by atoms with Gasteiger partial charge < -0.3 is 10.6 Å². The largest absolute Gasteiger partial charge is 0.314 e. The summed E-state index contributed by atoms with van der Waals surface area (Å²) >= 11 is 1.71. The van der Waals surface area contributed by atoms with Crippen LogP contribution in [0.4, 0.5) is 0 Å². The first-order valence-electron chi connectivity index (χ1n) is 10.7. The molecule has 2 N–H and O–H groups in total. The van der Waals surface area contributed by atoms with Gasteiger partial charge in [-0.2, -0.15) is 11.3 Å². The minimum Gasteiger partial charge on any atom is -0.314 e. The molecule has 2 nitrogen and oxygen atoms in total. The first-order valence-corrected chi connectivity index (χ1v) is 11.7. The molecule has 0 atom stereocenters. The van der Waals surface area contributed by atoms with Crippen LogP contribution in [0.25, 0.3) is 21.5 Å². The van der Waals surface area contributed by atoms with E-state index in [2.05, 4.69) is 59.2 Å². The van der Waals surface area contributed by atoms with Gasteiger partial charge in [0.15, 0.2) is 0 Å². The average molecular weight is 403 g/mol. The van der Waals surface area contributed by atoms with Crippen LogP contribution in [0.15, 0.2) is 71.4 Å². The first-order chi connectivity index (χ1) is 14.4. The van der Waals surface area contributed by atoms with Crippen LogP contribution in [-0.4, -0.2) is 26.2 Å². The Labute approximate surface area is 178 Å². The van der Waals surface area contributed by atoms with Crippen molar-refractivity contribution in [2.75, 3.05) is 26.2 Å². The number of nitrogens with one attached hydrogen (secondary N) is 2. The molecule has 29 heavy (non-hydrogen) atoms. The summed E-state index contributed by atoms with van der Waals surface area (Å²) in [6.07, 6.45) is 5.22. The monoisotopic (exact) mass is 402 g/mol. The van der Waals surface area contributed by atoms with Crippen molar-refractivity contribution < 1.29 is 0 Å². The molecule has 0 unspecified atom stereocenters. The molecule has 3 heteroatoms. The Morgan fingerprint density at radius 3 is 1.97 bits per heavy atom. The first kappa shape index (κ1) is 20.1. The maximum absolute atomic E-state index is 3.22. The van der Waals surface area contributed by atoms with Crippen molar-refractivity contribution in [2.45, 2.75) is 25.7 Å². The molecule has 1 fully saturated rings. The zero-order valence-electron chi connectivity index (χ0n) is 17.0. The third kappa shape index (κ3) is 5.24. The number of benzene rings is 3. The Bertz CT molecular complexity index is 991. The standard InChI is InChI=1S/C18H16.C4H10N2.C4H4S/c1-3-7-15-13(5-1)9-11-18-16-8-4-2-6-14(16)10-12-17(15)18;1-2-6-4-3-5-1;1-2-4-5-3-1/h1,3,5,7,9-12H,2,4,6,8H2;5-6H,1-4H2;1-4H. The predicted molar refractivity (Wildman–Crippen MR) is 128 cm³/mol. The normalized spacial score (nSPS) is 15.6. The number of fused-ring (bicyclic) bond motifs is 5. The summed E-state index contributed by atoms with van der Waals surface area (Å²) in [7, 11) is 0. The highest BCUT2D eigenvalue weighted by molar-refractivity contribution is 7.07. The zero-order valence-corrected chi connectivity index (χ0v) is 17.8. The number of hydrogen-bond donors (Lipinski definition) is 2. The maximum Gasteiger partial charge on any atom is 0.00772 e. The Morgan fingerprint density at radius 1 is 0.586 bits per heavy atom. The van der Waals surface area contributed by atoms with Gasteiger partial charge in [-0.15, -0.1) is 0 Å². The summed E-state index contributed by atoms with van der Waals surface area (Å²) in [5.41, 5.74) is 3.17. The van der Waals surface area contributed by atoms with Gasteiger partial charge in [-0.25, -0.2) is 0 Å². The van der Waals surface area contributed by atoms with Crippen LogP contribution in [0.3, 0.4) is 0 Å². The zero-order chi connectivity index (χ0) is 19.7. The molecule has 0 amide bonds. The number of piperazine rings is 1. The number of rotatable bonds is 0. The molecule has 1 aliphatic heterocycles. The van der Waals surface area contributed by atoms with Crippen molar-refractivity contribution in [3.05, 3.63) is 82.6 Å². The number of thiophene rings is 1. The Balaban J connectivity index is 0.000000152. The lowest BCUT2D eigenvalue weighted by Crippen LogP contribution is -2.39. The summed E-state index contributed by atoms with van der Waals surface area (Å²) in [5, 5.41) is 16.2. The van der Waals surface area contributed by atoms with Gasteiger partial charge >= 0.3 is 0 Å². The second-order valence-corrected chi connectivity index (χ2v) is 8.40. The lowest BCUT2D eigenvalue weighted by atomic mass is 9.86. The van der Waals surface area contributed by atoms with E-state index < -0.39 is 0 Å². The molecule has 2 heterocycles. The second kappa shape index (κ2) is 10.5. The van der Waals surface area contributed by atoms with E-state index in [0.29, 0.717) is 0 Å². The summed E-state index contributed by atoms with van der Waals surface area (Å²) in [6, 6.07) is 22.0. The molecule has 0 saturated carbocycles. The topological polar surface area (TPSA) is 24.1 Å². The van der Waals surface area contributed by atoms with Gasteiger partial charge in [0.25, 0.3) is 0 Å². The van der Waals surface area contributed by atoms with E-state index in [9.17, 15) is 0 Å². The molecule has 1 aromatic heterocycles. The average Bonchev–Trinajstić information content (AvgIpc) is 3.41. The van der Waals surface area contributed by atoms with E-state index in [1.807, 2.05) is 22.9 Å². The van der Waals surface area contributed by atoms with Crippen LogP contribution in [0.2, 0.25) is 0 Å². The second-order valence-electron chi connectivity index (χ2n) is 7.59. The lowest BCUT2D eigenvalue weighted by molar-refractivity contribution is 0.534. The van der Waals surface area contributed by atoms with Crippen molar-refractivity contribution >= 4 is 32.9 Å². The fourth-order valence-corrected chi connectivity index (χ4v) is 4.63. The van der Waals surface area contributed by atoms with Gasteiger partial charge in [-0.3, -0.25) is 0 Å². The van der Waals surface area contributed by atoms with Crippen LogP contribution < -0.4 is 10.6 Å². The Hall–Kier alpha value is -2.20. The molecular weight excluding hydrogens is 372 g/mol. The van der Waals surface area contributed by atoms with Crippen LogP contribution >= 0.6 is 11.3 Å². The van der Waals surface area contributed by atoms with Crippen LogP contribution in [-0.2, 0) is 12.8 Å². The maximum atomic E-state index is 3.22. The minimum absolute atomic E-state index is 1.14. The minimum atomic E-state index is 1.14. The molecule has 0 bridgehead atoms. The van der Waals surface area contributed by atoms with Crippen molar-refractivity contribution in [2.24, 2.45) is 0 Å². The summed E-state index contributed by atoms with van der Waals surface area (Å²) in [5.74, 6) is 0. The fraction of sp³-hybridized carbons (Fsp3) is 0.308. The summed E-state index contributed by atoms with van der Waals surface area (Å²) in [4.78, 5) is 0. The predicted octanol–water partition coefficient (Wildman–Crippen LogP) is 5.80. The van der Waals surface area contributed by atoms with Gasteiger partial charge in [0, 0.05) is 26.2 Å². The van der Waals surface area contributed by atoms with E-state index in [1.54, 1.807) is 22.5 Å². The highest BCUT2D eigenvalue weighted by atomic mass is 32.1. The van der Waals surface area contributed by atoms with Crippen molar-refractivity contribution in [3.8, 4) is 0 Å². The van der Waals surface area contributed by atoms with Crippen LogP contribution in [0, 0.1) is 0 Å². The lowest BCUT2D eigenvalue weighted by Gasteiger charge is -2.18. The van der Waals surface area contributed by atoms with Crippen molar-refractivity contribution in [1.29, 1.82) is 0 Å². The molecule has 1 saturated heterocycles. The van der Waals surface area contributed by atoms with Crippen molar-refractivity contribution in [1.82, 2.24) is 10.6 Å². The molecule has 1 aliphatic carbocycles. The van der Waals surface area contributed by atoms with E-state index >= 15 is 0 Å². The molecule has 150 valence electrons. The van der Waals surface area contributed by atoms with E-state index in [4.69, 9.17) is 0 Å². The summed E-state index contributed by atoms with van der Waals surface area (Å²) < 4.78 is 0. The Kier molecular flexibility index (Phi) is 7.30. The number of hydrogen-bond acceptors (Lipinski definition) is 3. The molecule has 3 aromatic carbocycles. The van der Waals surface area contributed by atoms with Gasteiger partial charge in [-0.05, 0) is 69.1 Å². The molecular formula is C26H30N2S. The van der Waals surface area contributed by atoms with Gasteiger partial charge in [-0.1, -0.05) is 60.7 Å². The molecule has 0 radical (unpaired) electrons. The van der Waals surface area contributed by atoms with Gasteiger partial charge in [0.05, 0.1) is 0 Å². The number of aryl methyl sites for hydroxylation is 2. The van der Waals surface area contributed by atoms with Crippen LogP contribution in [0.5, 0.6) is 0 Å². The third-order valence-corrected chi connectivity index (χ3v) is 6.27. The van der Waals surface area contributed by atoms with E-state index in [1.165, 1.54) is 47.2 Å². The van der Waals surface area contributed by atoms with Gasteiger partial charge in [0.1, 0.15) is 0 Å². The van der Waals surface area contributed by atoms with Gasteiger partial charge in [0.2, 0.25) is 0 Å². The molecule has 4 aromatic rings. The molecule has 0 spiro atoms. The van der Waals surface area contributed by atoms with Crippen molar-refractivity contribution in [3.63, 3.8) is 0 Å². The highest BCUT2D eigenvalue weighted by Gasteiger charge is 2.13. The fourth-order valence-electron chi connectivity index (χ4n) is 4.17. The highest BCUT2D eigenvalue weighted by Crippen LogP contribution is 2.33. The molecule has 6 rings (SSSR count). The Morgan fingerprint density at radius 2 is 1.28 bits per heavy atom. The SMILES string of the molecule is C1CNCCN1.c1ccc2c(c1)ccc1c3c(ccc12)CCCC3.c1ccsc1.